The smallest absolute Gasteiger partial charge is 0.178 e. The zero-order valence-corrected chi connectivity index (χ0v) is 17.2. The van der Waals surface area contributed by atoms with Gasteiger partial charge in [0.2, 0.25) is 0 Å². The minimum Gasteiger partial charge on any atom is -0.293 e. The molecule has 2 heteroatoms. The molecule has 0 saturated heterocycles. The molecular formula is C25H33N2+. The van der Waals surface area contributed by atoms with Crippen LogP contribution in [-0.4, -0.2) is 12.8 Å². The van der Waals surface area contributed by atoms with Gasteiger partial charge in [0, 0.05) is 51.1 Å². The third-order valence-electron chi connectivity index (χ3n) is 3.93. The first kappa shape index (κ1) is 22.5. The molecule has 2 nitrogen and oxygen atoms in total. The molecule has 27 heavy (non-hydrogen) atoms. The summed E-state index contributed by atoms with van der Waals surface area (Å²) in [6.07, 6.45) is 16.3. The number of aromatic nitrogens is 1. The van der Waals surface area contributed by atoms with E-state index in [1.165, 1.54) is 11.3 Å². The molecule has 0 amide bonds. The standard InChI is InChI=1S/C25H33N2/c1-24(2)18-12-15-21-26-20-14-10-8-6-4-5-7-9-11-16-22-27-23-17-13-19-25(27)3/h12-13,15,17-19,21,23H,8-11,14,16,20,22H2,1-3H3/q+1/b15-12-,26-21?. The summed E-state index contributed by atoms with van der Waals surface area (Å²) in [5.74, 6) is 12.2. The van der Waals surface area contributed by atoms with E-state index >= 15 is 0 Å². The first-order valence-electron chi connectivity index (χ1n) is 9.91. The van der Waals surface area contributed by atoms with Gasteiger partial charge in [0.05, 0.1) is 0 Å². The van der Waals surface area contributed by atoms with Crippen molar-refractivity contribution in [3.8, 4) is 23.7 Å². The highest BCUT2D eigenvalue weighted by atomic mass is 14.9. The second-order valence-electron chi connectivity index (χ2n) is 6.74. The molecular weight excluding hydrogens is 328 g/mol. The molecule has 0 saturated carbocycles. The van der Waals surface area contributed by atoms with E-state index in [1.807, 2.05) is 18.4 Å². The lowest BCUT2D eigenvalue weighted by atomic mass is 10.2. The van der Waals surface area contributed by atoms with Gasteiger partial charge in [-0.05, 0) is 51.0 Å². The summed E-state index contributed by atoms with van der Waals surface area (Å²) in [4.78, 5) is 4.35. The second-order valence-corrected chi connectivity index (χ2v) is 6.74. The highest BCUT2D eigenvalue weighted by molar-refractivity contribution is 5.71. The Balaban J connectivity index is 2.01. The lowest BCUT2D eigenvalue weighted by Crippen LogP contribution is -2.36. The molecule has 0 atom stereocenters. The lowest BCUT2D eigenvalue weighted by Gasteiger charge is -1.98. The third-order valence-corrected chi connectivity index (χ3v) is 3.93. The average Bonchev–Trinajstić information content (AvgIpc) is 2.65. The Morgan fingerprint density at radius 2 is 1.74 bits per heavy atom. The number of hydrogen-bond acceptors (Lipinski definition) is 1. The van der Waals surface area contributed by atoms with E-state index in [1.54, 1.807) is 0 Å². The average molecular weight is 362 g/mol. The predicted octanol–water partition coefficient (Wildman–Crippen LogP) is 5.22. The van der Waals surface area contributed by atoms with Crippen molar-refractivity contribution in [2.75, 3.05) is 6.54 Å². The zero-order valence-electron chi connectivity index (χ0n) is 17.2. The zero-order chi connectivity index (χ0) is 19.6. The summed E-state index contributed by atoms with van der Waals surface area (Å²) in [7, 11) is 0. The highest BCUT2D eigenvalue weighted by Crippen LogP contribution is 1.96. The van der Waals surface area contributed by atoms with Crippen LogP contribution in [0.25, 0.3) is 0 Å². The molecule has 1 aromatic heterocycles. The number of unbranched alkanes of at least 4 members (excludes halogenated alkanes) is 4. The number of nitrogens with zero attached hydrogens (tertiary/aromatic N) is 2. The fourth-order valence-electron chi connectivity index (χ4n) is 2.37. The molecule has 142 valence electrons. The van der Waals surface area contributed by atoms with Crippen molar-refractivity contribution >= 4 is 6.21 Å². The SMILES string of the molecule is CC(C)=C/C=C\C=NCCCCC#CC#CCCCC[n+]1ccccc1C. The monoisotopic (exact) mass is 361 g/mol. The maximum atomic E-state index is 4.35. The van der Waals surface area contributed by atoms with E-state index in [0.29, 0.717) is 0 Å². The van der Waals surface area contributed by atoms with E-state index in [4.69, 9.17) is 0 Å². The van der Waals surface area contributed by atoms with Crippen LogP contribution in [0.5, 0.6) is 0 Å². The molecule has 0 fully saturated rings. The predicted molar refractivity (Wildman–Crippen MR) is 117 cm³/mol. The fourth-order valence-corrected chi connectivity index (χ4v) is 2.37. The minimum absolute atomic E-state index is 0.866. The van der Waals surface area contributed by atoms with Crippen molar-refractivity contribution in [3.05, 3.63) is 53.9 Å². The Morgan fingerprint density at radius 3 is 2.44 bits per heavy atom. The van der Waals surface area contributed by atoms with Gasteiger partial charge >= 0.3 is 0 Å². The molecule has 0 bridgehead atoms. The molecule has 1 aromatic rings. The van der Waals surface area contributed by atoms with Crippen LogP contribution < -0.4 is 4.57 Å². The summed E-state index contributed by atoms with van der Waals surface area (Å²) < 4.78 is 2.29. The van der Waals surface area contributed by atoms with Gasteiger partial charge in [-0.25, -0.2) is 4.57 Å². The largest absolute Gasteiger partial charge is 0.293 e. The van der Waals surface area contributed by atoms with Crippen molar-refractivity contribution in [1.29, 1.82) is 0 Å². The van der Waals surface area contributed by atoms with Gasteiger partial charge < -0.3 is 0 Å². The molecule has 0 aliphatic heterocycles. The number of allylic oxidation sites excluding steroid dienone is 4. The lowest BCUT2D eigenvalue weighted by molar-refractivity contribution is -0.703. The van der Waals surface area contributed by atoms with Crippen molar-refractivity contribution in [2.24, 2.45) is 4.99 Å². The highest BCUT2D eigenvalue weighted by Gasteiger charge is 2.02. The Labute approximate surface area is 166 Å². The van der Waals surface area contributed by atoms with Crippen LogP contribution in [0.15, 0.2) is 53.2 Å². The van der Waals surface area contributed by atoms with Crippen LogP contribution in [0.1, 0.15) is 58.1 Å². The van der Waals surface area contributed by atoms with Crippen molar-refractivity contribution in [2.45, 2.75) is 65.8 Å². The first-order valence-corrected chi connectivity index (χ1v) is 9.91. The van der Waals surface area contributed by atoms with E-state index in [-0.39, 0.29) is 0 Å². The van der Waals surface area contributed by atoms with Crippen molar-refractivity contribution in [3.63, 3.8) is 0 Å². The minimum atomic E-state index is 0.866. The second kappa shape index (κ2) is 15.7. The van der Waals surface area contributed by atoms with E-state index in [9.17, 15) is 0 Å². The van der Waals surface area contributed by atoms with E-state index in [0.717, 1.165) is 51.6 Å². The van der Waals surface area contributed by atoms with Crippen LogP contribution >= 0.6 is 0 Å². The quantitative estimate of drug-likeness (QED) is 0.179. The number of rotatable bonds is 10. The van der Waals surface area contributed by atoms with Crippen LogP contribution in [0.2, 0.25) is 0 Å². The molecule has 0 radical (unpaired) electrons. The number of aryl methyl sites for hydroxylation is 2. The van der Waals surface area contributed by atoms with Gasteiger partial charge in [-0.3, -0.25) is 4.99 Å². The van der Waals surface area contributed by atoms with Gasteiger partial charge in [-0.1, -0.05) is 35.6 Å². The van der Waals surface area contributed by atoms with Gasteiger partial charge in [0.1, 0.15) is 6.54 Å². The van der Waals surface area contributed by atoms with Gasteiger partial charge in [-0.15, -0.1) is 0 Å². The Morgan fingerprint density at radius 1 is 1.00 bits per heavy atom. The topological polar surface area (TPSA) is 16.2 Å². The molecule has 1 heterocycles. The summed E-state index contributed by atoms with van der Waals surface area (Å²) in [6.45, 7) is 8.24. The normalized spacial score (nSPS) is 10.3. The first-order chi connectivity index (χ1) is 13.2. The van der Waals surface area contributed by atoms with Gasteiger partial charge in [-0.2, -0.15) is 0 Å². The summed E-state index contributed by atoms with van der Waals surface area (Å²) in [6, 6.07) is 6.30. The van der Waals surface area contributed by atoms with Crippen molar-refractivity contribution in [1.82, 2.24) is 0 Å². The molecule has 0 aliphatic carbocycles. The van der Waals surface area contributed by atoms with E-state index in [2.05, 4.69) is 84.5 Å². The van der Waals surface area contributed by atoms with Crippen LogP contribution in [0.4, 0.5) is 0 Å². The van der Waals surface area contributed by atoms with Crippen LogP contribution in [-0.2, 0) is 6.54 Å². The molecule has 0 N–H and O–H groups in total. The van der Waals surface area contributed by atoms with Gasteiger partial charge in [0.15, 0.2) is 11.9 Å². The maximum Gasteiger partial charge on any atom is 0.178 e. The Hall–Kier alpha value is -2.58. The maximum absolute atomic E-state index is 4.35. The summed E-state index contributed by atoms with van der Waals surface area (Å²) >= 11 is 0. The number of pyridine rings is 1. The van der Waals surface area contributed by atoms with Crippen molar-refractivity contribution < 1.29 is 4.57 Å². The van der Waals surface area contributed by atoms with E-state index < -0.39 is 0 Å². The summed E-state index contributed by atoms with van der Waals surface area (Å²) in [5.41, 5.74) is 2.60. The molecule has 0 unspecified atom stereocenters. The molecule has 0 aromatic carbocycles. The number of hydrogen-bond donors (Lipinski definition) is 0. The third kappa shape index (κ3) is 13.3. The van der Waals surface area contributed by atoms with Gasteiger partial charge in [0.25, 0.3) is 0 Å². The molecule has 0 spiro atoms. The number of aliphatic imine (C=N–C) groups is 1. The Bertz CT molecular complexity index is 742. The molecule has 1 rings (SSSR count). The van der Waals surface area contributed by atoms with Crippen LogP contribution in [0, 0.1) is 30.6 Å². The van der Waals surface area contributed by atoms with Crippen LogP contribution in [0.3, 0.4) is 0 Å². The Kier molecular flexibility index (Phi) is 13.0. The molecule has 0 aliphatic rings. The fraction of sp³-hybridized carbons (Fsp3) is 0.440. The summed E-state index contributed by atoms with van der Waals surface area (Å²) in [5, 5.41) is 0.